The number of ether oxygens (including phenoxy) is 1. The van der Waals surface area contributed by atoms with E-state index in [1.807, 2.05) is 37.3 Å². The average molecular weight is 538 g/mol. The van der Waals surface area contributed by atoms with Crippen LogP contribution in [0.5, 0.6) is 11.6 Å². The number of carbonyl (C=O) groups excluding carboxylic acids is 1. The highest BCUT2D eigenvalue weighted by Crippen LogP contribution is 2.41. The first-order valence-electron chi connectivity index (χ1n) is 10.7. The molecule has 1 aliphatic heterocycles. The van der Waals surface area contributed by atoms with E-state index in [1.165, 1.54) is 12.1 Å². The first kappa shape index (κ1) is 26.8. The summed E-state index contributed by atoms with van der Waals surface area (Å²) in [6.07, 6.45) is 1.58. The molecular weight excluding hydrogens is 514 g/mol. The fraction of sp³-hybridized carbons (Fsp3) is 0.200. The minimum Gasteiger partial charge on any atom is -0.439 e. The largest absolute Gasteiger partial charge is 0.439 e. The molecule has 0 atom stereocenters. The molecule has 1 fully saturated rings. The van der Waals surface area contributed by atoms with E-state index in [2.05, 4.69) is 10.3 Å². The average Bonchev–Trinajstić information content (AvgIpc) is 3.17. The van der Waals surface area contributed by atoms with E-state index in [-0.39, 0.29) is 41.8 Å². The molecule has 0 aliphatic carbocycles. The van der Waals surface area contributed by atoms with Crippen molar-refractivity contribution in [3.63, 3.8) is 0 Å². The van der Waals surface area contributed by atoms with Crippen LogP contribution in [0.15, 0.2) is 60.8 Å². The molecular formula is C25H24Cl3FN4O2. The Hall–Kier alpha value is -2.84. The number of rotatable bonds is 4. The summed E-state index contributed by atoms with van der Waals surface area (Å²) in [5.74, 6) is 0.0203. The van der Waals surface area contributed by atoms with E-state index in [0.29, 0.717) is 48.4 Å². The Morgan fingerprint density at radius 1 is 1.09 bits per heavy atom. The Bertz CT molecular complexity index is 1340. The number of benzene rings is 2. The van der Waals surface area contributed by atoms with Crippen molar-refractivity contribution in [1.29, 1.82) is 0 Å². The van der Waals surface area contributed by atoms with Gasteiger partial charge in [0.2, 0.25) is 5.88 Å². The summed E-state index contributed by atoms with van der Waals surface area (Å²) in [7, 11) is 0. The smallest absolute Gasteiger partial charge is 0.260 e. The number of piperazine rings is 1. The zero-order valence-electron chi connectivity index (χ0n) is 18.8. The molecule has 1 aliphatic rings. The Labute approximate surface area is 219 Å². The standard InChI is InChI=1S/C25H22ClFN4O2.2ClH/c1-16-7-8-17(27)15-20(16)33-25-21(24(32)30-13-11-28-12-14-30)19-9-10-29-23(26)22(19)31(25)18-5-3-2-4-6-18;;/h2-10,15,28H,11-14H2,1H3;2*1H. The molecule has 0 bridgehead atoms. The molecule has 35 heavy (non-hydrogen) atoms. The fourth-order valence-electron chi connectivity index (χ4n) is 4.11. The maximum Gasteiger partial charge on any atom is 0.260 e. The van der Waals surface area contributed by atoms with Crippen LogP contribution in [0.25, 0.3) is 16.6 Å². The molecule has 10 heteroatoms. The summed E-state index contributed by atoms with van der Waals surface area (Å²) in [5, 5.41) is 4.14. The number of halogens is 4. The van der Waals surface area contributed by atoms with Crippen LogP contribution in [0.3, 0.4) is 0 Å². The minimum absolute atomic E-state index is 0. The number of aryl methyl sites for hydroxylation is 1. The number of hydrogen-bond donors (Lipinski definition) is 1. The Morgan fingerprint density at radius 3 is 2.51 bits per heavy atom. The molecule has 4 aromatic rings. The molecule has 0 radical (unpaired) electrons. The van der Waals surface area contributed by atoms with Crippen molar-refractivity contribution in [1.82, 2.24) is 19.8 Å². The van der Waals surface area contributed by atoms with Crippen molar-refractivity contribution in [2.24, 2.45) is 0 Å². The topological polar surface area (TPSA) is 59.4 Å². The molecule has 3 heterocycles. The molecule has 1 amide bonds. The highest BCUT2D eigenvalue weighted by atomic mass is 35.5. The zero-order chi connectivity index (χ0) is 22.9. The van der Waals surface area contributed by atoms with Gasteiger partial charge in [-0.2, -0.15) is 0 Å². The molecule has 5 rings (SSSR count). The van der Waals surface area contributed by atoms with Crippen LogP contribution in [0, 0.1) is 12.7 Å². The molecule has 0 spiro atoms. The van der Waals surface area contributed by atoms with E-state index in [4.69, 9.17) is 16.3 Å². The van der Waals surface area contributed by atoms with Crippen molar-refractivity contribution in [2.45, 2.75) is 6.92 Å². The lowest BCUT2D eigenvalue weighted by atomic mass is 10.1. The van der Waals surface area contributed by atoms with Crippen molar-refractivity contribution in [3.05, 3.63) is 82.9 Å². The van der Waals surface area contributed by atoms with Crippen molar-refractivity contribution < 1.29 is 13.9 Å². The van der Waals surface area contributed by atoms with Gasteiger partial charge < -0.3 is 15.0 Å². The van der Waals surface area contributed by atoms with Gasteiger partial charge >= 0.3 is 0 Å². The highest BCUT2D eigenvalue weighted by Gasteiger charge is 2.31. The molecule has 0 saturated carbocycles. The quantitative estimate of drug-likeness (QED) is 0.334. The number of nitrogens with zero attached hydrogens (tertiary/aromatic N) is 3. The summed E-state index contributed by atoms with van der Waals surface area (Å²) in [6.45, 7) is 4.41. The van der Waals surface area contributed by atoms with Gasteiger partial charge in [0, 0.05) is 49.5 Å². The third-order valence-electron chi connectivity index (χ3n) is 5.78. The first-order chi connectivity index (χ1) is 16.0. The van der Waals surface area contributed by atoms with Crippen LogP contribution in [0.2, 0.25) is 5.15 Å². The van der Waals surface area contributed by atoms with Crippen LogP contribution in [0.4, 0.5) is 4.39 Å². The summed E-state index contributed by atoms with van der Waals surface area (Å²) >= 11 is 6.56. The highest BCUT2D eigenvalue weighted by molar-refractivity contribution is 6.34. The molecule has 184 valence electrons. The van der Waals surface area contributed by atoms with Gasteiger partial charge in [-0.15, -0.1) is 24.8 Å². The normalized spacial score (nSPS) is 13.2. The second kappa shape index (κ2) is 11.3. The maximum absolute atomic E-state index is 14.1. The molecule has 1 N–H and O–H groups in total. The maximum atomic E-state index is 14.1. The summed E-state index contributed by atoms with van der Waals surface area (Å²) in [4.78, 5) is 19.8. The summed E-state index contributed by atoms with van der Waals surface area (Å²) in [5.41, 5.74) is 2.43. The number of fused-ring (bicyclic) bond motifs is 1. The number of hydrogen-bond acceptors (Lipinski definition) is 4. The molecule has 0 unspecified atom stereocenters. The number of aromatic nitrogens is 2. The molecule has 6 nitrogen and oxygen atoms in total. The van der Waals surface area contributed by atoms with Gasteiger partial charge in [0.25, 0.3) is 5.91 Å². The Kier molecular flexibility index (Phi) is 8.61. The predicted octanol–water partition coefficient (Wildman–Crippen LogP) is 5.81. The van der Waals surface area contributed by atoms with Crippen LogP contribution in [-0.4, -0.2) is 46.5 Å². The molecule has 1 saturated heterocycles. The number of pyridine rings is 1. The van der Waals surface area contributed by atoms with Gasteiger partial charge in [-0.05, 0) is 36.8 Å². The number of carbonyl (C=O) groups is 1. The van der Waals surface area contributed by atoms with Gasteiger partial charge in [0.05, 0.1) is 5.52 Å². The van der Waals surface area contributed by atoms with E-state index >= 15 is 0 Å². The van der Waals surface area contributed by atoms with Crippen LogP contribution >= 0.6 is 36.4 Å². The lowest BCUT2D eigenvalue weighted by Crippen LogP contribution is -2.46. The van der Waals surface area contributed by atoms with Gasteiger partial charge in [0.1, 0.15) is 17.1 Å². The van der Waals surface area contributed by atoms with Crippen molar-refractivity contribution in [2.75, 3.05) is 26.2 Å². The van der Waals surface area contributed by atoms with Crippen molar-refractivity contribution in [3.8, 4) is 17.3 Å². The predicted molar refractivity (Wildman–Crippen MR) is 141 cm³/mol. The molecule has 2 aromatic carbocycles. The van der Waals surface area contributed by atoms with E-state index in [1.54, 1.807) is 27.8 Å². The Morgan fingerprint density at radius 2 is 1.80 bits per heavy atom. The third-order valence-corrected chi connectivity index (χ3v) is 6.06. The zero-order valence-corrected chi connectivity index (χ0v) is 21.2. The SMILES string of the molecule is Cc1ccc(F)cc1Oc1c(C(=O)N2CCNCC2)c2ccnc(Cl)c2n1-c1ccccc1.Cl.Cl. The van der Waals surface area contributed by atoms with Gasteiger partial charge in [0.15, 0.2) is 5.15 Å². The monoisotopic (exact) mass is 536 g/mol. The van der Waals surface area contributed by atoms with Crippen molar-refractivity contribution >= 4 is 53.2 Å². The fourth-order valence-corrected chi connectivity index (χ4v) is 4.35. The lowest BCUT2D eigenvalue weighted by molar-refractivity contribution is 0.0735. The van der Waals surface area contributed by atoms with Crippen LogP contribution < -0.4 is 10.1 Å². The third kappa shape index (κ3) is 5.09. The number of amides is 1. The molecule has 2 aromatic heterocycles. The van der Waals surface area contributed by atoms with Crippen LogP contribution in [-0.2, 0) is 0 Å². The number of nitrogens with one attached hydrogen (secondary N) is 1. The first-order valence-corrected chi connectivity index (χ1v) is 11.1. The van der Waals surface area contributed by atoms with Gasteiger partial charge in [-0.1, -0.05) is 35.9 Å². The Balaban J connectivity index is 0.00000171. The lowest BCUT2D eigenvalue weighted by Gasteiger charge is -2.27. The second-order valence-electron chi connectivity index (χ2n) is 7.90. The minimum atomic E-state index is -0.423. The summed E-state index contributed by atoms with van der Waals surface area (Å²) < 4.78 is 22.2. The van der Waals surface area contributed by atoms with Gasteiger partial charge in [-0.3, -0.25) is 9.36 Å². The van der Waals surface area contributed by atoms with Crippen LogP contribution in [0.1, 0.15) is 15.9 Å². The van der Waals surface area contributed by atoms with Gasteiger partial charge in [-0.25, -0.2) is 9.37 Å². The summed E-state index contributed by atoms with van der Waals surface area (Å²) in [6, 6.07) is 15.6. The number of para-hydroxylation sites is 1. The van der Waals surface area contributed by atoms with E-state index < -0.39 is 5.82 Å². The second-order valence-corrected chi connectivity index (χ2v) is 8.26. The van der Waals surface area contributed by atoms with E-state index in [9.17, 15) is 9.18 Å². The van der Waals surface area contributed by atoms with E-state index in [0.717, 1.165) is 11.3 Å².